The molecular weight excluding hydrogens is 356 g/mol. The molecule has 3 aromatic heterocycles. The van der Waals surface area contributed by atoms with Crippen LogP contribution in [0.3, 0.4) is 0 Å². The number of nitrogens with zero attached hydrogens (tertiary/aromatic N) is 3. The second-order valence-corrected chi connectivity index (χ2v) is 7.11. The van der Waals surface area contributed by atoms with E-state index in [1.807, 2.05) is 11.4 Å². The maximum atomic E-state index is 10.7. The van der Waals surface area contributed by atoms with E-state index in [2.05, 4.69) is 26.7 Å². The van der Waals surface area contributed by atoms with E-state index >= 15 is 0 Å². The molecule has 0 radical (unpaired) electrons. The summed E-state index contributed by atoms with van der Waals surface area (Å²) in [4.78, 5) is 21.2. The topological polar surface area (TPSA) is 81.0 Å². The molecule has 1 N–H and O–H groups in total. The van der Waals surface area contributed by atoms with Crippen molar-refractivity contribution in [2.75, 3.05) is 5.32 Å². The summed E-state index contributed by atoms with van der Waals surface area (Å²) in [5.41, 5.74) is 2.16. The summed E-state index contributed by atoms with van der Waals surface area (Å²) in [6.07, 6.45) is 1.55. The number of aromatic nitrogens is 2. The van der Waals surface area contributed by atoms with Gasteiger partial charge in [-0.1, -0.05) is 18.2 Å². The second kappa shape index (κ2) is 6.58. The Hall–Kier alpha value is -2.84. The number of hydrogen-bond acceptors (Lipinski definition) is 7. The first-order valence-electron chi connectivity index (χ1n) is 7.45. The SMILES string of the molecule is O=[N+]([O-])c1ccc(CNc2ncnc3scc(-c4cccs4)c23)cc1. The molecular formula is C17H12N4O2S2. The highest BCUT2D eigenvalue weighted by atomic mass is 32.1. The lowest BCUT2D eigenvalue weighted by Crippen LogP contribution is -2.02. The van der Waals surface area contributed by atoms with Crippen molar-refractivity contribution in [2.45, 2.75) is 6.54 Å². The number of fused-ring (bicyclic) bond motifs is 1. The summed E-state index contributed by atoms with van der Waals surface area (Å²) in [6, 6.07) is 10.6. The minimum absolute atomic E-state index is 0.0889. The highest BCUT2D eigenvalue weighted by molar-refractivity contribution is 7.18. The predicted octanol–water partition coefficient (Wildman–Crippen LogP) is 4.94. The molecule has 124 valence electrons. The summed E-state index contributed by atoms with van der Waals surface area (Å²) < 4.78 is 0. The standard InChI is InChI=1S/C17H12N4O2S2/c22-21(23)12-5-3-11(4-6-12)8-18-16-15-13(14-2-1-7-24-14)9-25-17(15)20-10-19-16/h1-7,9-10H,8H2,(H,18,19,20). The van der Waals surface area contributed by atoms with Crippen LogP contribution in [0.25, 0.3) is 20.7 Å². The molecule has 0 saturated carbocycles. The van der Waals surface area contributed by atoms with Gasteiger partial charge in [0.15, 0.2) is 0 Å². The molecule has 4 rings (SSSR count). The maximum absolute atomic E-state index is 10.7. The molecule has 0 aliphatic rings. The molecule has 0 fully saturated rings. The van der Waals surface area contributed by atoms with Gasteiger partial charge in [-0.2, -0.15) is 0 Å². The molecule has 6 nitrogen and oxygen atoms in total. The van der Waals surface area contributed by atoms with Crippen molar-refractivity contribution < 1.29 is 4.92 Å². The summed E-state index contributed by atoms with van der Waals surface area (Å²) in [5.74, 6) is 0.771. The van der Waals surface area contributed by atoms with Crippen molar-refractivity contribution in [3.05, 3.63) is 69.2 Å². The second-order valence-electron chi connectivity index (χ2n) is 5.31. The largest absolute Gasteiger partial charge is 0.365 e. The first-order valence-corrected chi connectivity index (χ1v) is 9.21. The van der Waals surface area contributed by atoms with Gasteiger partial charge in [-0.3, -0.25) is 10.1 Å². The van der Waals surface area contributed by atoms with Gasteiger partial charge >= 0.3 is 0 Å². The fourth-order valence-electron chi connectivity index (χ4n) is 2.54. The quantitative estimate of drug-likeness (QED) is 0.398. The highest BCUT2D eigenvalue weighted by Gasteiger charge is 2.13. The molecule has 0 unspecified atom stereocenters. The van der Waals surface area contributed by atoms with Crippen molar-refractivity contribution >= 4 is 44.4 Å². The lowest BCUT2D eigenvalue weighted by molar-refractivity contribution is -0.384. The summed E-state index contributed by atoms with van der Waals surface area (Å²) in [6.45, 7) is 0.532. The lowest BCUT2D eigenvalue weighted by atomic mass is 10.2. The molecule has 8 heteroatoms. The number of benzene rings is 1. The van der Waals surface area contributed by atoms with Crippen molar-refractivity contribution in [3.63, 3.8) is 0 Å². The van der Waals surface area contributed by atoms with E-state index in [1.54, 1.807) is 41.1 Å². The number of rotatable bonds is 5. The normalized spacial score (nSPS) is 10.9. The minimum atomic E-state index is -0.399. The van der Waals surface area contributed by atoms with Crippen LogP contribution in [0.5, 0.6) is 0 Å². The van der Waals surface area contributed by atoms with Gasteiger partial charge in [0, 0.05) is 34.5 Å². The zero-order valence-corrected chi connectivity index (χ0v) is 14.5. The van der Waals surface area contributed by atoms with Crippen LogP contribution in [0.4, 0.5) is 11.5 Å². The Morgan fingerprint density at radius 3 is 2.68 bits per heavy atom. The molecule has 0 bridgehead atoms. The third-order valence-electron chi connectivity index (χ3n) is 3.76. The Balaban J connectivity index is 1.63. The molecule has 25 heavy (non-hydrogen) atoms. The van der Waals surface area contributed by atoms with E-state index in [0.717, 1.165) is 27.2 Å². The third-order valence-corrected chi connectivity index (χ3v) is 5.55. The molecule has 0 amide bonds. The summed E-state index contributed by atoms with van der Waals surface area (Å²) in [5, 5.41) is 19.2. The van der Waals surface area contributed by atoms with Gasteiger partial charge in [-0.15, -0.1) is 22.7 Å². The number of nitro groups is 1. The zero-order valence-electron chi connectivity index (χ0n) is 12.9. The number of nitrogens with one attached hydrogen (secondary N) is 1. The Kier molecular flexibility index (Phi) is 4.12. The number of thiophene rings is 2. The van der Waals surface area contributed by atoms with Crippen molar-refractivity contribution in [1.82, 2.24) is 9.97 Å². The molecule has 0 spiro atoms. The molecule has 3 heterocycles. The van der Waals surface area contributed by atoms with E-state index in [1.165, 1.54) is 17.0 Å². The fourth-order valence-corrected chi connectivity index (χ4v) is 4.27. The number of hydrogen-bond donors (Lipinski definition) is 1. The van der Waals surface area contributed by atoms with Crippen molar-refractivity contribution in [1.29, 1.82) is 0 Å². The predicted molar refractivity (Wildman–Crippen MR) is 101 cm³/mol. The van der Waals surface area contributed by atoms with Crippen LogP contribution in [0.1, 0.15) is 5.56 Å². The van der Waals surface area contributed by atoms with Gasteiger partial charge in [-0.25, -0.2) is 9.97 Å². The van der Waals surface area contributed by atoms with Gasteiger partial charge in [-0.05, 0) is 17.0 Å². The average molecular weight is 368 g/mol. The first kappa shape index (κ1) is 15.7. The van der Waals surface area contributed by atoms with E-state index in [0.29, 0.717) is 6.54 Å². The van der Waals surface area contributed by atoms with E-state index < -0.39 is 4.92 Å². The Bertz CT molecular complexity index is 1030. The number of nitro benzene ring substituents is 1. The third kappa shape index (κ3) is 3.09. The fraction of sp³-hybridized carbons (Fsp3) is 0.0588. The van der Waals surface area contributed by atoms with E-state index in [-0.39, 0.29) is 5.69 Å². The van der Waals surface area contributed by atoms with E-state index in [4.69, 9.17) is 0 Å². The van der Waals surface area contributed by atoms with Gasteiger partial charge in [0.1, 0.15) is 17.0 Å². The molecule has 4 aromatic rings. The first-order chi connectivity index (χ1) is 12.2. The summed E-state index contributed by atoms with van der Waals surface area (Å²) in [7, 11) is 0. The molecule has 0 saturated heterocycles. The summed E-state index contributed by atoms with van der Waals surface area (Å²) >= 11 is 3.28. The van der Waals surface area contributed by atoms with Gasteiger partial charge in [0.05, 0.1) is 10.3 Å². The van der Waals surface area contributed by atoms with Gasteiger partial charge in [0.2, 0.25) is 0 Å². The monoisotopic (exact) mass is 368 g/mol. The van der Waals surface area contributed by atoms with Crippen molar-refractivity contribution in [2.24, 2.45) is 0 Å². The van der Waals surface area contributed by atoms with Crippen LogP contribution in [0.15, 0.2) is 53.5 Å². The van der Waals surface area contributed by atoms with E-state index in [9.17, 15) is 10.1 Å². The van der Waals surface area contributed by atoms with Crippen LogP contribution in [0, 0.1) is 10.1 Å². The lowest BCUT2D eigenvalue weighted by Gasteiger charge is -2.08. The Morgan fingerprint density at radius 2 is 1.96 bits per heavy atom. The van der Waals surface area contributed by atoms with Crippen molar-refractivity contribution in [3.8, 4) is 10.4 Å². The molecule has 1 aromatic carbocycles. The molecule has 0 atom stereocenters. The van der Waals surface area contributed by atoms with Crippen LogP contribution in [-0.4, -0.2) is 14.9 Å². The average Bonchev–Trinajstić information content (AvgIpc) is 3.29. The Labute approximate surface area is 151 Å². The van der Waals surface area contributed by atoms with Crippen LogP contribution in [0.2, 0.25) is 0 Å². The van der Waals surface area contributed by atoms with Crippen LogP contribution < -0.4 is 5.32 Å². The molecule has 0 aliphatic carbocycles. The highest BCUT2D eigenvalue weighted by Crippen LogP contribution is 2.38. The number of anilines is 1. The maximum Gasteiger partial charge on any atom is 0.269 e. The minimum Gasteiger partial charge on any atom is -0.365 e. The smallest absolute Gasteiger partial charge is 0.269 e. The van der Waals surface area contributed by atoms with Crippen LogP contribution in [-0.2, 0) is 6.54 Å². The Morgan fingerprint density at radius 1 is 1.12 bits per heavy atom. The zero-order chi connectivity index (χ0) is 17.2. The van der Waals surface area contributed by atoms with Gasteiger partial charge < -0.3 is 5.32 Å². The molecule has 0 aliphatic heterocycles. The van der Waals surface area contributed by atoms with Gasteiger partial charge in [0.25, 0.3) is 5.69 Å². The van der Waals surface area contributed by atoms with Crippen LogP contribution >= 0.6 is 22.7 Å². The number of non-ortho nitro benzene ring substituents is 1.